The molecular formula is C8H14O4. The minimum Gasteiger partial charge on any atom is -0.394 e. The maximum Gasteiger partial charge on any atom is 0.149 e. The molecule has 0 amide bonds. The van der Waals surface area contributed by atoms with Crippen molar-refractivity contribution in [3.8, 4) is 0 Å². The van der Waals surface area contributed by atoms with Crippen LogP contribution in [0.15, 0.2) is 0 Å². The Labute approximate surface area is 71.2 Å². The Kier molecular flexibility index (Phi) is 3.20. The van der Waals surface area contributed by atoms with Gasteiger partial charge < -0.3 is 19.7 Å². The molecule has 0 aromatic rings. The van der Waals surface area contributed by atoms with Crippen molar-refractivity contribution >= 4 is 6.29 Å². The van der Waals surface area contributed by atoms with Crippen molar-refractivity contribution in [1.82, 2.24) is 0 Å². The first-order valence-corrected chi connectivity index (χ1v) is 4.14. The maximum atomic E-state index is 10.5. The van der Waals surface area contributed by atoms with Gasteiger partial charge in [0.1, 0.15) is 18.5 Å². The first-order chi connectivity index (χ1) is 5.74. The number of rotatable bonds is 3. The summed E-state index contributed by atoms with van der Waals surface area (Å²) in [6, 6.07) is 0. The SMILES string of the molecule is CC[C@@H]1C(C=O)O[C@@H](CO)C1O. The zero-order valence-electron chi connectivity index (χ0n) is 7.01. The molecule has 0 aromatic carbocycles. The van der Waals surface area contributed by atoms with Crippen LogP contribution in [0.1, 0.15) is 13.3 Å². The Hall–Kier alpha value is -0.450. The number of aldehydes is 1. The summed E-state index contributed by atoms with van der Waals surface area (Å²) in [5, 5.41) is 18.3. The highest BCUT2D eigenvalue weighted by Crippen LogP contribution is 2.28. The van der Waals surface area contributed by atoms with Crippen molar-refractivity contribution in [2.75, 3.05) is 6.61 Å². The third-order valence-electron chi connectivity index (χ3n) is 2.36. The van der Waals surface area contributed by atoms with E-state index in [2.05, 4.69) is 0 Å². The smallest absolute Gasteiger partial charge is 0.149 e. The van der Waals surface area contributed by atoms with Crippen molar-refractivity contribution in [2.24, 2.45) is 5.92 Å². The zero-order chi connectivity index (χ0) is 9.14. The topological polar surface area (TPSA) is 66.8 Å². The van der Waals surface area contributed by atoms with E-state index in [9.17, 15) is 9.90 Å². The Morgan fingerprint density at radius 3 is 2.58 bits per heavy atom. The van der Waals surface area contributed by atoms with E-state index in [0.29, 0.717) is 12.7 Å². The summed E-state index contributed by atoms with van der Waals surface area (Å²) in [4.78, 5) is 10.5. The Morgan fingerprint density at radius 2 is 2.25 bits per heavy atom. The predicted molar refractivity (Wildman–Crippen MR) is 41.6 cm³/mol. The normalized spacial score (nSPS) is 41.6. The van der Waals surface area contributed by atoms with Crippen LogP contribution in [0.3, 0.4) is 0 Å². The third kappa shape index (κ3) is 1.50. The van der Waals surface area contributed by atoms with Crippen LogP contribution in [-0.2, 0) is 9.53 Å². The summed E-state index contributed by atoms with van der Waals surface area (Å²) < 4.78 is 5.11. The molecule has 0 aliphatic carbocycles. The number of hydrogen-bond acceptors (Lipinski definition) is 4. The molecule has 1 aliphatic heterocycles. The van der Waals surface area contributed by atoms with Crippen molar-refractivity contribution in [3.63, 3.8) is 0 Å². The average molecular weight is 174 g/mol. The van der Waals surface area contributed by atoms with Gasteiger partial charge in [-0.1, -0.05) is 6.92 Å². The predicted octanol–water partition coefficient (Wildman–Crippen LogP) is -0.668. The van der Waals surface area contributed by atoms with Crippen LogP contribution in [0.2, 0.25) is 0 Å². The van der Waals surface area contributed by atoms with Crippen LogP contribution in [0.4, 0.5) is 0 Å². The second-order valence-electron chi connectivity index (χ2n) is 3.02. The molecular weight excluding hydrogens is 160 g/mol. The number of carbonyl (C=O) groups is 1. The van der Waals surface area contributed by atoms with Gasteiger partial charge in [0.2, 0.25) is 0 Å². The van der Waals surface area contributed by atoms with Gasteiger partial charge in [0.15, 0.2) is 0 Å². The van der Waals surface area contributed by atoms with E-state index in [0.717, 1.165) is 0 Å². The fraction of sp³-hybridized carbons (Fsp3) is 0.875. The maximum absolute atomic E-state index is 10.5. The van der Waals surface area contributed by atoms with Gasteiger partial charge in [0.05, 0.1) is 12.7 Å². The monoisotopic (exact) mass is 174 g/mol. The van der Waals surface area contributed by atoms with Crippen LogP contribution in [-0.4, -0.2) is 41.4 Å². The lowest BCUT2D eigenvalue weighted by molar-refractivity contribution is -0.119. The Balaban J connectivity index is 2.64. The molecule has 1 fully saturated rings. The molecule has 0 aromatic heterocycles. The fourth-order valence-electron chi connectivity index (χ4n) is 1.61. The highest BCUT2D eigenvalue weighted by molar-refractivity contribution is 5.57. The van der Waals surface area contributed by atoms with Gasteiger partial charge in [-0.15, -0.1) is 0 Å². The number of carbonyl (C=O) groups excluding carboxylic acids is 1. The van der Waals surface area contributed by atoms with E-state index in [-0.39, 0.29) is 12.5 Å². The van der Waals surface area contributed by atoms with Crippen molar-refractivity contribution < 1.29 is 19.7 Å². The minimum atomic E-state index is -0.713. The quantitative estimate of drug-likeness (QED) is 0.557. The third-order valence-corrected chi connectivity index (χ3v) is 2.36. The van der Waals surface area contributed by atoms with Gasteiger partial charge in [-0.25, -0.2) is 0 Å². The van der Waals surface area contributed by atoms with E-state index in [1.165, 1.54) is 0 Å². The van der Waals surface area contributed by atoms with E-state index in [1.807, 2.05) is 6.92 Å². The molecule has 0 saturated carbocycles. The summed E-state index contributed by atoms with van der Waals surface area (Å²) in [6.07, 6.45) is -0.490. The molecule has 0 radical (unpaired) electrons. The molecule has 0 spiro atoms. The zero-order valence-corrected chi connectivity index (χ0v) is 7.01. The summed E-state index contributed by atoms with van der Waals surface area (Å²) in [6.45, 7) is 1.65. The molecule has 70 valence electrons. The van der Waals surface area contributed by atoms with Gasteiger partial charge in [-0.3, -0.25) is 0 Å². The van der Waals surface area contributed by atoms with Gasteiger partial charge >= 0.3 is 0 Å². The van der Waals surface area contributed by atoms with Crippen LogP contribution in [0.25, 0.3) is 0 Å². The lowest BCUT2D eigenvalue weighted by Crippen LogP contribution is -2.29. The minimum absolute atomic E-state index is 0.167. The summed E-state index contributed by atoms with van der Waals surface area (Å²) in [7, 11) is 0. The molecule has 1 saturated heterocycles. The number of hydrogen-bond donors (Lipinski definition) is 2. The number of aliphatic hydroxyl groups excluding tert-OH is 2. The highest BCUT2D eigenvalue weighted by atomic mass is 16.5. The second-order valence-corrected chi connectivity index (χ2v) is 3.02. The standard InChI is InChI=1S/C8H14O4/c1-2-5-6(3-9)12-7(4-10)8(5)11/h3,5-8,10-11H,2,4H2,1H3/t5-,6?,7+,8?/m1/s1. The lowest BCUT2D eigenvalue weighted by atomic mass is 9.94. The summed E-state index contributed by atoms with van der Waals surface area (Å²) in [5.74, 6) is -0.167. The second kappa shape index (κ2) is 3.98. The van der Waals surface area contributed by atoms with Crippen molar-refractivity contribution in [3.05, 3.63) is 0 Å². The molecule has 4 heteroatoms. The van der Waals surface area contributed by atoms with Crippen LogP contribution in [0.5, 0.6) is 0 Å². The first-order valence-electron chi connectivity index (χ1n) is 4.14. The van der Waals surface area contributed by atoms with E-state index >= 15 is 0 Å². The van der Waals surface area contributed by atoms with Crippen LogP contribution >= 0.6 is 0 Å². The average Bonchev–Trinajstić information content (AvgIpc) is 2.41. The molecule has 2 N–H and O–H groups in total. The van der Waals surface area contributed by atoms with E-state index in [4.69, 9.17) is 9.84 Å². The largest absolute Gasteiger partial charge is 0.394 e. The molecule has 0 bridgehead atoms. The lowest BCUT2D eigenvalue weighted by Gasteiger charge is -2.13. The molecule has 2 unspecified atom stereocenters. The summed E-state index contributed by atoms with van der Waals surface area (Å²) >= 11 is 0. The molecule has 1 aliphatic rings. The van der Waals surface area contributed by atoms with Gasteiger partial charge in [0.25, 0.3) is 0 Å². The molecule has 1 heterocycles. The molecule has 4 atom stereocenters. The molecule has 1 rings (SSSR count). The number of aliphatic hydroxyl groups is 2. The van der Waals surface area contributed by atoms with Crippen LogP contribution < -0.4 is 0 Å². The Bertz CT molecular complexity index is 159. The first kappa shape index (κ1) is 9.64. The molecule has 12 heavy (non-hydrogen) atoms. The van der Waals surface area contributed by atoms with E-state index in [1.54, 1.807) is 0 Å². The summed E-state index contributed by atoms with van der Waals surface area (Å²) in [5.41, 5.74) is 0. The van der Waals surface area contributed by atoms with Crippen LogP contribution in [0, 0.1) is 5.92 Å². The number of ether oxygens (including phenoxy) is 1. The van der Waals surface area contributed by atoms with Crippen molar-refractivity contribution in [2.45, 2.75) is 31.7 Å². The van der Waals surface area contributed by atoms with Gasteiger partial charge in [-0.05, 0) is 6.42 Å². The fourth-order valence-corrected chi connectivity index (χ4v) is 1.61. The van der Waals surface area contributed by atoms with Crippen molar-refractivity contribution in [1.29, 1.82) is 0 Å². The van der Waals surface area contributed by atoms with Gasteiger partial charge in [0, 0.05) is 5.92 Å². The Morgan fingerprint density at radius 1 is 1.58 bits per heavy atom. The van der Waals surface area contributed by atoms with Gasteiger partial charge in [-0.2, -0.15) is 0 Å². The highest BCUT2D eigenvalue weighted by Gasteiger charge is 2.41. The van der Waals surface area contributed by atoms with E-state index < -0.39 is 18.3 Å². The molecule has 4 nitrogen and oxygen atoms in total.